The highest BCUT2D eigenvalue weighted by molar-refractivity contribution is 7.98. The number of ketones is 1. The van der Waals surface area contributed by atoms with Crippen LogP contribution < -0.4 is 11.1 Å². The van der Waals surface area contributed by atoms with Gasteiger partial charge in [0.25, 0.3) is 36.9 Å². The van der Waals surface area contributed by atoms with Crippen LogP contribution in [-0.4, -0.2) is 127 Å². The van der Waals surface area contributed by atoms with E-state index >= 15 is 0 Å². The van der Waals surface area contributed by atoms with E-state index in [0.29, 0.717) is 16.5 Å². The fraction of sp³-hybridized carbons (Fsp3) is 0.625. The second kappa shape index (κ2) is 28.1. The quantitative estimate of drug-likeness (QED) is 0.124. The van der Waals surface area contributed by atoms with E-state index in [-0.39, 0.29) is 94.4 Å². The average molecular weight is 881 g/mol. The van der Waals surface area contributed by atoms with Crippen LogP contribution in [0.2, 0.25) is 0 Å². The Morgan fingerprint density at radius 3 is 1.68 bits per heavy atom. The number of nitrogens with zero attached hydrogens (tertiary/aromatic N) is 3. The first-order valence-electron chi connectivity index (χ1n) is 16.9. The zero-order valence-electron chi connectivity index (χ0n) is 32.0. The summed E-state index contributed by atoms with van der Waals surface area (Å²) in [6.07, 6.45) is 4.78. The van der Waals surface area contributed by atoms with Crippen molar-refractivity contribution < 1.29 is 79.5 Å². The van der Waals surface area contributed by atoms with E-state index < -0.39 is 70.8 Å². The molecule has 3 atom stereocenters. The molecule has 0 spiro atoms. The first kappa shape index (κ1) is 54.7. The number of hydrogen-bond acceptors (Lipinski definition) is 17. The summed E-state index contributed by atoms with van der Waals surface area (Å²) >= 11 is 1.63. The van der Waals surface area contributed by atoms with E-state index in [0.717, 1.165) is 24.2 Å². The van der Waals surface area contributed by atoms with E-state index in [9.17, 15) is 56.4 Å². The molecular weight excluding hydrogens is 829 g/mol. The lowest BCUT2D eigenvalue weighted by Crippen LogP contribution is -2.43. The molecule has 4 N–H and O–H groups in total. The molecule has 0 aromatic heterocycles. The molecule has 2 saturated heterocycles. The van der Waals surface area contributed by atoms with Crippen molar-refractivity contribution in [3.05, 3.63) is 12.2 Å². The minimum absolute atomic E-state index is 0. The van der Waals surface area contributed by atoms with Gasteiger partial charge in [0.2, 0.25) is 5.91 Å². The minimum atomic E-state index is -4.16. The number of hydrogen-bond donors (Lipinski definition) is 3. The van der Waals surface area contributed by atoms with E-state index in [1.54, 1.807) is 11.8 Å². The highest BCUT2D eigenvalue weighted by Crippen LogP contribution is 2.21. The fourth-order valence-electron chi connectivity index (χ4n) is 4.50. The maximum absolute atomic E-state index is 12.5. The number of carbonyl (C=O) groups is 10. The summed E-state index contributed by atoms with van der Waals surface area (Å²) in [4.78, 5) is 126. The van der Waals surface area contributed by atoms with Crippen molar-refractivity contribution in [3.63, 3.8) is 0 Å². The van der Waals surface area contributed by atoms with E-state index in [2.05, 4.69) is 20.6 Å². The molecule has 0 unspecified atom stereocenters. The summed E-state index contributed by atoms with van der Waals surface area (Å²) in [5.74, 6) is -5.19. The number of thioether (sulfide) groups is 1. The number of hydroxylamine groups is 4. The summed E-state index contributed by atoms with van der Waals surface area (Å²) in [5.41, 5.74) is 5.92. The summed E-state index contributed by atoms with van der Waals surface area (Å²) in [5, 5.41) is 3.47. The van der Waals surface area contributed by atoms with Gasteiger partial charge in [0.15, 0.2) is 0 Å². The van der Waals surface area contributed by atoms with Crippen molar-refractivity contribution in [3.8, 4) is 0 Å². The molecule has 3 aliphatic rings. The van der Waals surface area contributed by atoms with Crippen LogP contribution in [0.4, 0.5) is 4.72 Å². The molecule has 0 aliphatic carbocycles. The van der Waals surface area contributed by atoms with Crippen molar-refractivity contribution in [2.75, 3.05) is 32.2 Å². The summed E-state index contributed by atoms with van der Waals surface area (Å²) in [6.45, 7) is 4.18. The standard InChI is InChI=1S/C18H29N3O4S.C12H12N2O8.CH4O4S.CH4.ClH.FH/c1-4-12(2)13(11-15(22)14(19)7-10-26-3)18(25)20-8-9-21-16(23)5-6-17(21)24;15-7-1-2-8(16)13(7)21-11(19)5-6-12(20)22-14-9(17)3-4-10(14)18;1-5-6(2,3)4;;;/h5-6,12-14H,4,7-11,19H2,1-3H3,(H,20,25);1-6H2;1H3,(H,2,3,4);1H4;2*1H/t12-,13-,14-;;;;;/m0...../s1/i/hD. The van der Waals surface area contributed by atoms with Crippen molar-refractivity contribution in [1.82, 2.24) is 20.3 Å². The van der Waals surface area contributed by atoms with Crippen LogP contribution in [0.3, 0.4) is 0 Å². The number of halogens is 2. The molecule has 0 radical (unpaired) electrons. The third-order valence-electron chi connectivity index (χ3n) is 7.81. The molecular formula is C32H51ClFN5O16S2. The summed E-state index contributed by atoms with van der Waals surface area (Å²) < 4.78 is 42.7. The second-order valence-corrected chi connectivity index (χ2v) is 13.9. The Kier molecular flexibility index (Phi) is 27.0. The number of amides is 7. The Morgan fingerprint density at radius 2 is 1.33 bits per heavy atom. The maximum Gasteiger partial charge on any atom is 0.397 e. The van der Waals surface area contributed by atoms with Crippen LogP contribution in [-0.2, 0) is 72.2 Å². The van der Waals surface area contributed by atoms with Crippen LogP contribution in [0.15, 0.2) is 12.2 Å². The van der Waals surface area contributed by atoms with Crippen molar-refractivity contribution >= 4 is 93.6 Å². The van der Waals surface area contributed by atoms with E-state index in [1.807, 2.05) is 20.1 Å². The number of Topliss-reactive ketones (excluding diaryl/α,β-unsaturated/α-hetero) is 1. The van der Waals surface area contributed by atoms with Crippen LogP contribution in [0.1, 0.15) is 79.1 Å². The topological polar surface area (TPSA) is 301 Å². The van der Waals surface area contributed by atoms with Crippen LogP contribution >= 0.6 is 24.2 Å². The molecule has 0 aromatic carbocycles. The smallest absolute Gasteiger partial charge is 0.354 e. The van der Waals surface area contributed by atoms with Gasteiger partial charge in [-0.3, -0.25) is 56.7 Å². The summed E-state index contributed by atoms with van der Waals surface area (Å²) in [6, 6.07) is -0.548. The molecule has 21 nitrogen and oxygen atoms in total. The van der Waals surface area contributed by atoms with Crippen LogP contribution in [0, 0.1) is 11.8 Å². The fourth-order valence-corrected chi connectivity index (χ4v) is 4.99. The van der Waals surface area contributed by atoms with Gasteiger partial charge in [-0.05, 0) is 24.3 Å². The van der Waals surface area contributed by atoms with Gasteiger partial charge in [-0.15, -0.1) is 22.5 Å². The number of rotatable bonds is 18. The predicted octanol–water partition coefficient (Wildman–Crippen LogP) is 0.357. The van der Waals surface area contributed by atoms with Crippen molar-refractivity contribution in [2.45, 2.75) is 85.1 Å². The molecule has 7 amide bonds. The molecule has 2 fully saturated rings. The third-order valence-corrected chi connectivity index (χ3v) is 8.88. The van der Waals surface area contributed by atoms with Crippen molar-refractivity contribution in [2.24, 2.45) is 17.6 Å². The lowest BCUT2D eigenvalue weighted by Gasteiger charge is -2.23. The average Bonchev–Trinajstić information content (AvgIpc) is 3.78. The van der Waals surface area contributed by atoms with E-state index in [4.69, 9.17) is 15.0 Å². The maximum atomic E-state index is 12.5. The van der Waals surface area contributed by atoms with Gasteiger partial charge < -0.3 is 20.7 Å². The number of imide groups is 3. The first-order valence-corrected chi connectivity index (χ1v) is 19.3. The Morgan fingerprint density at radius 1 is 0.930 bits per heavy atom. The number of carbonyl (C=O) groups excluding carboxylic acids is 10. The van der Waals surface area contributed by atoms with Gasteiger partial charge in [0.1, 0.15) is 5.78 Å². The molecule has 0 aromatic rings. The predicted molar refractivity (Wildman–Crippen MR) is 201 cm³/mol. The van der Waals surface area contributed by atoms with Gasteiger partial charge in [-0.2, -0.15) is 20.2 Å². The van der Waals surface area contributed by atoms with Gasteiger partial charge in [-0.25, -0.2) is 9.59 Å². The first-order chi connectivity index (χ1) is 26.3. The van der Waals surface area contributed by atoms with Gasteiger partial charge in [-0.1, -0.05) is 27.7 Å². The molecule has 3 aliphatic heterocycles. The normalized spacial score (nSPS) is 16.3. The zero-order valence-corrected chi connectivity index (χ0v) is 33.4. The van der Waals surface area contributed by atoms with Gasteiger partial charge >= 0.3 is 22.3 Å². The largest absolute Gasteiger partial charge is 0.397 e. The Labute approximate surface area is 341 Å². The van der Waals surface area contributed by atoms with Crippen molar-refractivity contribution in [1.29, 1.82) is 1.45 Å². The molecule has 57 heavy (non-hydrogen) atoms. The molecule has 25 heteroatoms. The highest BCUT2D eigenvalue weighted by atomic mass is 35.5. The van der Waals surface area contributed by atoms with Gasteiger partial charge in [0.05, 0.1) is 26.0 Å². The number of nitrogens with two attached hydrogens (primary N) is 1. The molecule has 0 bridgehead atoms. The minimum Gasteiger partial charge on any atom is -0.354 e. The Hall–Kier alpha value is -4.36. The van der Waals surface area contributed by atoms with Gasteiger partial charge in [0, 0.05) is 63.3 Å². The molecule has 3 rings (SSSR count). The zero-order chi connectivity index (χ0) is 43.2. The second-order valence-electron chi connectivity index (χ2n) is 11.7. The lowest BCUT2D eigenvalue weighted by molar-refractivity contribution is -0.201. The Balaban J connectivity index is -0.000000861. The Bertz CT molecular complexity index is 1510. The van der Waals surface area contributed by atoms with Crippen LogP contribution in [0.25, 0.3) is 0 Å². The monoisotopic (exact) mass is 880 g/mol. The number of nitrogens with one attached hydrogen (secondary N) is 1. The molecule has 326 valence electrons. The molecule has 3 heterocycles. The third kappa shape index (κ3) is 20.6. The van der Waals surface area contributed by atoms with Crippen LogP contribution in [0.5, 0.6) is 0 Å². The van der Waals surface area contributed by atoms with E-state index in [1.165, 1.54) is 12.2 Å². The molecule has 0 saturated carbocycles. The lowest BCUT2D eigenvalue weighted by atomic mass is 9.85. The summed E-state index contributed by atoms with van der Waals surface area (Å²) in [7, 11) is -3.29. The highest BCUT2D eigenvalue weighted by Gasteiger charge is 2.35. The SMILES string of the molecule is C.CC[C@H](C)[C@H](CC(=O)[C@@H](N)CCSC)C(=O)NCCN1C(=O)C=CC1=O.COS(=O)(=O)O.Cl.O=C(CCC(=O)ON1C(=O)CCC1=O)ON1C(=O)CCC1=O.[2H]F.